The van der Waals surface area contributed by atoms with Crippen LogP contribution in [-0.2, 0) is 13.0 Å². The van der Waals surface area contributed by atoms with Gasteiger partial charge in [0.15, 0.2) is 0 Å². The number of halogens is 1. The highest BCUT2D eigenvalue weighted by atomic mass is 19.1. The third-order valence-electron chi connectivity index (χ3n) is 4.02. The smallest absolute Gasteiger partial charge is 0.225 e. The standard InChI is InChI=1S/C17H15FN4O/c1-11-6-8-19-17(20-11)22-9-7-15-13(10-22)16(21-23-15)12-4-2-3-5-14(12)18/h2-6,8H,7,9-10H2,1H3. The van der Waals surface area contributed by atoms with Gasteiger partial charge in [0.25, 0.3) is 0 Å². The van der Waals surface area contributed by atoms with Crippen molar-refractivity contribution in [3.05, 3.63) is 59.4 Å². The van der Waals surface area contributed by atoms with Gasteiger partial charge in [0.05, 0.1) is 6.54 Å². The van der Waals surface area contributed by atoms with E-state index in [0.29, 0.717) is 30.2 Å². The first-order valence-electron chi connectivity index (χ1n) is 7.49. The molecule has 4 rings (SSSR count). The zero-order valence-corrected chi connectivity index (χ0v) is 12.7. The Bertz CT molecular complexity index is 861. The van der Waals surface area contributed by atoms with E-state index >= 15 is 0 Å². The third kappa shape index (κ3) is 2.46. The highest BCUT2D eigenvalue weighted by Gasteiger charge is 2.27. The van der Waals surface area contributed by atoms with E-state index in [1.807, 2.05) is 13.0 Å². The third-order valence-corrected chi connectivity index (χ3v) is 4.02. The Balaban J connectivity index is 1.72. The fraction of sp³-hybridized carbons (Fsp3) is 0.235. The molecule has 0 spiro atoms. The predicted molar refractivity (Wildman–Crippen MR) is 83.4 cm³/mol. The molecule has 0 amide bonds. The molecule has 5 nitrogen and oxygen atoms in total. The van der Waals surface area contributed by atoms with Crippen LogP contribution in [0.25, 0.3) is 11.3 Å². The molecule has 6 heteroatoms. The van der Waals surface area contributed by atoms with Gasteiger partial charge < -0.3 is 9.42 Å². The van der Waals surface area contributed by atoms with Crippen molar-refractivity contribution in [2.45, 2.75) is 19.9 Å². The van der Waals surface area contributed by atoms with Gasteiger partial charge in [-0.2, -0.15) is 0 Å². The van der Waals surface area contributed by atoms with Crippen molar-refractivity contribution >= 4 is 5.95 Å². The molecule has 0 saturated heterocycles. The number of nitrogens with zero attached hydrogens (tertiary/aromatic N) is 4. The molecule has 1 aliphatic heterocycles. The zero-order chi connectivity index (χ0) is 15.8. The lowest BCUT2D eigenvalue weighted by molar-refractivity contribution is 0.378. The second-order valence-corrected chi connectivity index (χ2v) is 5.58. The van der Waals surface area contributed by atoms with Gasteiger partial charge in [0, 0.05) is 36.0 Å². The fourth-order valence-corrected chi connectivity index (χ4v) is 2.83. The molecule has 1 aromatic carbocycles. The number of aromatic nitrogens is 3. The molecule has 3 heterocycles. The summed E-state index contributed by atoms with van der Waals surface area (Å²) in [6.45, 7) is 3.25. The highest BCUT2D eigenvalue weighted by Crippen LogP contribution is 2.32. The second-order valence-electron chi connectivity index (χ2n) is 5.58. The van der Waals surface area contributed by atoms with Crippen molar-refractivity contribution in [2.24, 2.45) is 0 Å². The summed E-state index contributed by atoms with van der Waals surface area (Å²) < 4.78 is 19.5. The summed E-state index contributed by atoms with van der Waals surface area (Å²) in [5.74, 6) is 1.19. The van der Waals surface area contributed by atoms with Crippen LogP contribution in [0.15, 0.2) is 41.1 Å². The molecular formula is C17H15FN4O. The minimum absolute atomic E-state index is 0.299. The maximum Gasteiger partial charge on any atom is 0.225 e. The molecule has 23 heavy (non-hydrogen) atoms. The summed E-state index contributed by atoms with van der Waals surface area (Å²) in [6.07, 6.45) is 2.45. The van der Waals surface area contributed by atoms with E-state index in [4.69, 9.17) is 4.52 Å². The molecular weight excluding hydrogens is 295 g/mol. The van der Waals surface area contributed by atoms with Crippen LogP contribution in [-0.4, -0.2) is 21.7 Å². The number of rotatable bonds is 2. The largest absolute Gasteiger partial charge is 0.360 e. The van der Waals surface area contributed by atoms with Gasteiger partial charge in [-0.3, -0.25) is 0 Å². The van der Waals surface area contributed by atoms with Crippen LogP contribution >= 0.6 is 0 Å². The van der Waals surface area contributed by atoms with E-state index in [2.05, 4.69) is 20.0 Å². The minimum atomic E-state index is -0.299. The quantitative estimate of drug-likeness (QED) is 0.728. The number of benzene rings is 1. The molecule has 0 bridgehead atoms. The van der Waals surface area contributed by atoms with Crippen molar-refractivity contribution < 1.29 is 8.91 Å². The van der Waals surface area contributed by atoms with E-state index in [1.165, 1.54) is 6.07 Å². The number of anilines is 1. The normalized spacial score (nSPS) is 13.9. The maximum absolute atomic E-state index is 14.1. The lowest BCUT2D eigenvalue weighted by Crippen LogP contribution is -2.31. The van der Waals surface area contributed by atoms with Crippen LogP contribution < -0.4 is 4.90 Å². The topological polar surface area (TPSA) is 55.1 Å². The predicted octanol–water partition coefficient (Wildman–Crippen LogP) is 3.14. The molecule has 3 aromatic rings. The van der Waals surface area contributed by atoms with Crippen molar-refractivity contribution in [2.75, 3.05) is 11.4 Å². The van der Waals surface area contributed by atoms with Crippen LogP contribution in [0, 0.1) is 12.7 Å². The van der Waals surface area contributed by atoms with Crippen LogP contribution in [0.2, 0.25) is 0 Å². The van der Waals surface area contributed by atoms with Crippen LogP contribution in [0.4, 0.5) is 10.3 Å². The molecule has 0 saturated carbocycles. The number of hydrogen-bond donors (Lipinski definition) is 0. The first kappa shape index (κ1) is 13.9. The maximum atomic E-state index is 14.1. The van der Waals surface area contributed by atoms with Crippen molar-refractivity contribution in [3.63, 3.8) is 0 Å². The van der Waals surface area contributed by atoms with Crippen molar-refractivity contribution in [3.8, 4) is 11.3 Å². The Morgan fingerprint density at radius 2 is 2.09 bits per heavy atom. The lowest BCUT2D eigenvalue weighted by Gasteiger charge is -2.26. The molecule has 1 aliphatic rings. The highest BCUT2D eigenvalue weighted by molar-refractivity contribution is 5.65. The molecule has 0 radical (unpaired) electrons. The lowest BCUT2D eigenvalue weighted by atomic mass is 10.0. The Morgan fingerprint density at radius 1 is 1.22 bits per heavy atom. The summed E-state index contributed by atoms with van der Waals surface area (Å²) in [4.78, 5) is 10.9. The van der Waals surface area contributed by atoms with Gasteiger partial charge in [-0.05, 0) is 25.1 Å². The summed E-state index contributed by atoms with van der Waals surface area (Å²) in [5.41, 5.74) is 2.85. The second kappa shape index (κ2) is 5.46. The summed E-state index contributed by atoms with van der Waals surface area (Å²) >= 11 is 0. The monoisotopic (exact) mass is 310 g/mol. The Morgan fingerprint density at radius 3 is 2.91 bits per heavy atom. The van der Waals surface area contributed by atoms with E-state index in [9.17, 15) is 4.39 Å². The van der Waals surface area contributed by atoms with Gasteiger partial charge >= 0.3 is 0 Å². The Labute approximate surface area is 132 Å². The number of fused-ring (bicyclic) bond motifs is 1. The van der Waals surface area contributed by atoms with Crippen molar-refractivity contribution in [1.82, 2.24) is 15.1 Å². The molecule has 116 valence electrons. The van der Waals surface area contributed by atoms with Gasteiger partial charge in [0.2, 0.25) is 5.95 Å². The van der Waals surface area contributed by atoms with E-state index in [0.717, 1.165) is 23.6 Å². The van der Waals surface area contributed by atoms with E-state index in [-0.39, 0.29) is 5.82 Å². The van der Waals surface area contributed by atoms with Crippen LogP contribution in [0.1, 0.15) is 17.0 Å². The fourth-order valence-electron chi connectivity index (χ4n) is 2.83. The van der Waals surface area contributed by atoms with E-state index < -0.39 is 0 Å². The molecule has 2 aromatic heterocycles. The number of aryl methyl sites for hydroxylation is 1. The Kier molecular flexibility index (Phi) is 3.29. The van der Waals surface area contributed by atoms with Crippen molar-refractivity contribution in [1.29, 1.82) is 0 Å². The first-order valence-corrected chi connectivity index (χ1v) is 7.49. The molecule has 0 aliphatic carbocycles. The molecule has 0 N–H and O–H groups in total. The van der Waals surface area contributed by atoms with Crippen LogP contribution in [0.5, 0.6) is 0 Å². The van der Waals surface area contributed by atoms with Gasteiger partial charge in [-0.25, -0.2) is 14.4 Å². The molecule has 0 atom stereocenters. The summed E-state index contributed by atoms with van der Waals surface area (Å²) in [7, 11) is 0. The average Bonchev–Trinajstić information content (AvgIpc) is 2.98. The van der Waals surface area contributed by atoms with Gasteiger partial charge in [-0.1, -0.05) is 17.3 Å². The van der Waals surface area contributed by atoms with Gasteiger partial charge in [0.1, 0.15) is 17.3 Å². The summed E-state index contributed by atoms with van der Waals surface area (Å²) in [5, 5.41) is 4.09. The van der Waals surface area contributed by atoms with E-state index in [1.54, 1.807) is 24.4 Å². The number of hydrogen-bond acceptors (Lipinski definition) is 5. The minimum Gasteiger partial charge on any atom is -0.360 e. The Hall–Kier alpha value is -2.76. The van der Waals surface area contributed by atoms with Gasteiger partial charge in [-0.15, -0.1) is 0 Å². The average molecular weight is 310 g/mol. The van der Waals surface area contributed by atoms with Crippen LogP contribution in [0.3, 0.4) is 0 Å². The first-order chi connectivity index (χ1) is 11.2. The zero-order valence-electron chi connectivity index (χ0n) is 12.7. The SMILES string of the molecule is Cc1ccnc(N2CCc3onc(-c4ccccc4F)c3C2)n1. The summed E-state index contributed by atoms with van der Waals surface area (Å²) in [6, 6.07) is 8.47. The molecule has 0 unspecified atom stereocenters. The molecule has 0 fully saturated rings.